The Morgan fingerprint density at radius 3 is 1.60 bits per heavy atom. The number of furan rings is 1. The molecule has 0 bridgehead atoms. The number of pyridine rings is 1. The highest BCUT2D eigenvalue weighted by molar-refractivity contribution is 6.24. The monoisotopic (exact) mass is 764 g/mol. The molecule has 0 aliphatic heterocycles. The highest BCUT2D eigenvalue weighted by Crippen LogP contribution is 2.47. The zero-order valence-electron chi connectivity index (χ0n) is 32.6. The maximum atomic E-state index is 6.87. The second-order valence-electron chi connectivity index (χ2n) is 15.5. The zero-order chi connectivity index (χ0) is 39.6. The van der Waals surface area contributed by atoms with Crippen LogP contribution in [0.2, 0.25) is 0 Å². The highest BCUT2D eigenvalue weighted by Gasteiger charge is 2.21. The Morgan fingerprint density at radius 2 is 0.900 bits per heavy atom. The average molecular weight is 765 g/mol. The fourth-order valence-corrected chi connectivity index (χ4v) is 9.40. The molecule has 280 valence electrons. The first kappa shape index (κ1) is 34.1. The van der Waals surface area contributed by atoms with Gasteiger partial charge in [-0.25, -0.2) is 0 Å². The van der Waals surface area contributed by atoms with E-state index in [0.29, 0.717) is 0 Å². The van der Waals surface area contributed by atoms with E-state index < -0.39 is 0 Å². The van der Waals surface area contributed by atoms with E-state index in [-0.39, 0.29) is 0 Å². The molecule has 0 amide bonds. The summed E-state index contributed by atoms with van der Waals surface area (Å²) in [6.45, 7) is 0. The minimum atomic E-state index is 0.845. The summed E-state index contributed by atoms with van der Waals surface area (Å²) in [6.07, 6.45) is 3.72. The molecule has 2 aromatic heterocycles. The van der Waals surface area contributed by atoms with Crippen LogP contribution in [0.15, 0.2) is 223 Å². The molecule has 0 aliphatic carbocycles. The third-order valence-electron chi connectivity index (χ3n) is 12.1. The summed E-state index contributed by atoms with van der Waals surface area (Å²) in [6, 6.07) is 74.3. The largest absolute Gasteiger partial charge is 0.456 e. The summed E-state index contributed by atoms with van der Waals surface area (Å²) < 4.78 is 6.87. The van der Waals surface area contributed by atoms with Crippen molar-refractivity contribution in [3.63, 3.8) is 0 Å². The molecule has 3 nitrogen and oxygen atoms in total. The number of rotatable bonds is 6. The molecule has 0 spiro atoms. The van der Waals surface area contributed by atoms with Crippen molar-refractivity contribution in [3.05, 3.63) is 219 Å². The van der Waals surface area contributed by atoms with Crippen LogP contribution in [0.3, 0.4) is 0 Å². The summed E-state index contributed by atoms with van der Waals surface area (Å²) >= 11 is 0. The summed E-state index contributed by atoms with van der Waals surface area (Å²) in [4.78, 5) is 6.68. The second kappa shape index (κ2) is 13.8. The normalized spacial score (nSPS) is 11.7. The van der Waals surface area contributed by atoms with E-state index in [1.54, 1.807) is 0 Å². The summed E-state index contributed by atoms with van der Waals surface area (Å²) in [5, 5.41) is 12.0. The summed E-state index contributed by atoms with van der Waals surface area (Å²) in [5.41, 5.74) is 12.0. The van der Waals surface area contributed by atoms with Gasteiger partial charge in [0, 0.05) is 46.0 Å². The molecule has 12 rings (SSSR count). The van der Waals surface area contributed by atoms with Crippen LogP contribution < -0.4 is 4.90 Å². The van der Waals surface area contributed by atoms with E-state index >= 15 is 0 Å². The maximum Gasteiger partial charge on any atom is 0.137 e. The molecule has 0 saturated carbocycles. The predicted octanol–water partition coefficient (Wildman–Crippen LogP) is 16.1. The third-order valence-corrected chi connectivity index (χ3v) is 12.1. The van der Waals surface area contributed by atoms with Gasteiger partial charge in [-0.1, -0.05) is 152 Å². The van der Waals surface area contributed by atoms with Crippen LogP contribution in [0, 0.1) is 0 Å². The average Bonchev–Trinajstić information content (AvgIpc) is 3.68. The SMILES string of the molecule is c1cncc(-c2ccc(N(c3ccc4c(c3)oc3cc(-c5c6ccccc6c(-c6cccc7ccccc67)c6ccccc56)ccc34)c3cccc4ccccc34)cc2)c1. The van der Waals surface area contributed by atoms with E-state index in [1.165, 1.54) is 59.8 Å². The molecule has 0 aliphatic rings. The number of benzene rings is 10. The molecule has 0 radical (unpaired) electrons. The van der Waals surface area contributed by atoms with Gasteiger partial charge in [-0.15, -0.1) is 0 Å². The standard InChI is InChI=1S/C57H36N2O/c1-3-17-44-38(12-1)14-9-23-48(44)57-51-21-7-5-19-49(51)56(50-20-6-8-22-52(50)57)40-27-31-46-47-32-30-43(35-55(47)60-54(46)34-40)59(53-24-10-15-39-13-2-4-18-45(39)53)42-28-25-37(26-29-42)41-16-11-33-58-36-41/h1-36H. The fraction of sp³-hybridized carbons (Fsp3) is 0. The van der Waals surface area contributed by atoms with E-state index in [9.17, 15) is 0 Å². The molecule has 0 atom stereocenters. The van der Waals surface area contributed by atoms with Gasteiger partial charge in [-0.3, -0.25) is 4.98 Å². The molecule has 2 heterocycles. The lowest BCUT2D eigenvalue weighted by Gasteiger charge is -2.27. The van der Waals surface area contributed by atoms with Gasteiger partial charge in [0.25, 0.3) is 0 Å². The lowest BCUT2D eigenvalue weighted by Crippen LogP contribution is -2.10. The number of anilines is 3. The minimum Gasteiger partial charge on any atom is -0.456 e. The van der Waals surface area contributed by atoms with Crippen molar-refractivity contribution in [1.29, 1.82) is 0 Å². The van der Waals surface area contributed by atoms with Crippen molar-refractivity contribution in [2.75, 3.05) is 4.90 Å². The molecule has 0 saturated heterocycles. The van der Waals surface area contributed by atoms with E-state index in [1.807, 2.05) is 18.5 Å². The molecule has 12 aromatic rings. The van der Waals surface area contributed by atoms with Crippen LogP contribution in [0.25, 0.3) is 98.4 Å². The lowest BCUT2D eigenvalue weighted by atomic mass is 9.84. The molecule has 10 aromatic carbocycles. The van der Waals surface area contributed by atoms with E-state index in [4.69, 9.17) is 4.42 Å². The first-order valence-electron chi connectivity index (χ1n) is 20.4. The van der Waals surface area contributed by atoms with Gasteiger partial charge in [0.1, 0.15) is 11.2 Å². The molecular weight excluding hydrogens is 729 g/mol. The van der Waals surface area contributed by atoms with Crippen molar-refractivity contribution in [2.24, 2.45) is 0 Å². The van der Waals surface area contributed by atoms with Crippen molar-refractivity contribution in [1.82, 2.24) is 4.98 Å². The Labute approximate surface area is 347 Å². The fourth-order valence-electron chi connectivity index (χ4n) is 9.40. The van der Waals surface area contributed by atoms with Crippen LogP contribution in [0.1, 0.15) is 0 Å². The van der Waals surface area contributed by atoms with Gasteiger partial charge >= 0.3 is 0 Å². The van der Waals surface area contributed by atoms with Crippen LogP contribution in [-0.2, 0) is 0 Å². The van der Waals surface area contributed by atoms with Crippen LogP contribution in [0.4, 0.5) is 17.1 Å². The molecule has 60 heavy (non-hydrogen) atoms. The Bertz CT molecular complexity index is 3540. The second-order valence-corrected chi connectivity index (χ2v) is 15.5. The van der Waals surface area contributed by atoms with Crippen molar-refractivity contribution in [3.8, 4) is 33.4 Å². The van der Waals surface area contributed by atoms with Gasteiger partial charge in [0.05, 0.1) is 5.69 Å². The number of hydrogen-bond donors (Lipinski definition) is 0. The Morgan fingerprint density at radius 1 is 0.350 bits per heavy atom. The van der Waals surface area contributed by atoms with Crippen molar-refractivity contribution < 1.29 is 4.42 Å². The zero-order valence-corrected chi connectivity index (χ0v) is 32.6. The Kier molecular flexibility index (Phi) is 7.85. The maximum absolute atomic E-state index is 6.87. The quantitative estimate of drug-likeness (QED) is 0.158. The van der Waals surface area contributed by atoms with Crippen molar-refractivity contribution >= 4 is 82.1 Å². The van der Waals surface area contributed by atoms with Crippen LogP contribution in [-0.4, -0.2) is 4.98 Å². The molecule has 0 fully saturated rings. The predicted molar refractivity (Wildman–Crippen MR) is 253 cm³/mol. The van der Waals surface area contributed by atoms with Gasteiger partial charge in [0.2, 0.25) is 0 Å². The first-order valence-corrected chi connectivity index (χ1v) is 20.4. The highest BCUT2D eigenvalue weighted by atomic mass is 16.3. The number of aromatic nitrogens is 1. The topological polar surface area (TPSA) is 29.3 Å². The molecule has 0 unspecified atom stereocenters. The van der Waals surface area contributed by atoms with Crippen molar-refractivity contribution in [2.45, 2.75) is 0 Å². The van der Waals surface area contributed by atoms with Gasteiger partial charge in [-0.2, -0.15) is 0 Å². The van der Waals surface area contributed by atoms with E-state index in [2.05, 4.69) is 210 Å². The minimum absolute atomic E-state index is 0.845. The molecule has 3 heteroatoms. The smallest absolute Gasteiger partial charge is 0.137 e. The van der Waals surface area contributed by atoms with Gasteiger partial charge < -0.3 is 9.32 Å². The van der Waals surface area contributed by atoms with Gasteiger partial charge in [0.15, 0.2) is 0 Å². The third kappa shape index (κ3) is 5.48. The summed E-state index contributed by atoms with van der Waals surface area (Å²) in [5.74, 6) is 0. The first-order chi connectivity index (χ1) is 29.8. The molecule has 0 N–H and O–H groups in total. The lowest BCUT2D eigenvalue weighted by molar-refractivity contribution is 0.669. The number of nitrogens with zero attached hydrogens (tertiary/aromatic N) is 2. The Hall–Kier alpha value is -8.01. The number of fused-ring (bicyclic) bond motifs is 7. The van der Waals surface area contributed by atoms with Crippen LogP contribution in [0.5, 0.6) is 0 Å². The molecular formula is C57H36N2O. The summed E-state index contributed by atoms with van der Waals surface area (Å²) in [7, 11) is 0. The van der Waals surface area contributed by atoms with Gasteiger partial charge in [-0.05, 0) is 120 Å². The van der Waals surface area contributed by atoms with Crippen LogP contribution >= 0.6 is 0 Å². The van der Waals surface area contributed by atoms with E-state index in [0.717, 1.165) is 55.7 Å². The Balaban J connectivity index is 1.02. The number of hydrogen-bond acceptors (Lipinski definition) is 3.